The number of aromatic nitrogens is 1. The zero-order valence-electron chi connectivity index (χ0n) is 11.4. The van der Waals surface area contributed by atoms with Crippen molar-refractivity contribution in [3.63, 3.8) is 0 Å². The van der Waals surface area contributed by atoms with E-state index in [-0.39, 0.29) is 0 Å². The van der Waals surface area contributed by atoms with Crippen LogP contribution in [-0.4, -0.2) is 18.1 Å². The minimum Gasteiger partial charge on any atom is -0.370 e. The Bertz CT molecular complexity index is 590. The van der Waals surface area contributed by atoms with Crippen molar-refractivity contribution in [2.24, 2.45) is 0 Å². The summed E-state index contributed by atoms with van der Waals surface area (Å²) in [4.78, 5) is 6.50. The first-order chi connectivity index (χ1) is 9.86. The molecule has 0 saturated carbocycles. The van der Waals surface area contributed by atoms with Crippen LogP contribution in [-0.2, 0) is 0 Å². The van der Waals surface area contributed by atoms with Gasteiger partial charge < -0.3 is 4.90 Å². The Morgan fingerprint density at radius 3 is 2.40 bits per heavy atom. The Kier molecular flexibility index (Phi) is 3.64. The molecule has 0 amide bonds. The van der Waals surface area contributed by atoms with Crippen LogP contribution in [0.3, 0.4) is 0 Å². The Balaban J connectivity index is 1.65. The van der Waals surface area contributed by atoms with Crippen LogP contribution in [0.5, 0.6) is 0 Å². The van der Waals surface area contributed by atoms with E-state index in [1.807, 2.05) is 6.07 Å². The molecule has 2 heterocycles. The Labute approximate surface area is 119 Å². The van der Waals surface area contributed by atoms with Crippen LogP contribution >= 0.6 is 0 Å². The molecule has 1 aliphatic rings. The number of rotatable bonds is 2. The molecule has 0 atom stereocenters. The number of benzene rings is 1. The number of hydrogen-bond acceptors (Lipinski definition) is 3. The predicted octanol–water partition coefficient (Wildman–Crippen LogP) is 3.34. The second kappa shape index (κ2) is 5.75. The van der Waals surface area contributed by atoms with Crippen molar-refractivity contribution in [3.8, 4) is 6.07 Å². The van der Waals surface area contributed by atoms with E-state index in [0.29, 0.717) is 11.6 Å². The lowest BCUT2D eigenvalue weighted by atomic mass is 9.89. The summed E-state index contributed by atoms with van der Waals surface area (Å²) in [7, 11) is 0. The van der Waals surface area contributed by atoms with Gasteiger partial charge in [-0.15, -0.1) is 0 Å². The van der Waals surface area contributed by atoms with Gasteiger partial charge in [0.2, 0.25) is 0 Å². The fraction of sp³-hybridized carbons (Fsp3) is 0.294. The van der Waals surface area contributed by atoms with Crippen LogP contribution in [0.1, 0.15) is 30.0 Å². The summed E-state index contributed by atoms with van der Waals surface area (Å²) in [5.41, 5.74) is 3.05. The highest BCUT2D eigenvalue weighted by Gasteiger charge is 2.20. The van der Waals surface area contributed by atoms with Crippen LogP contribution < -0.4 is 4.90 Å². The summed E-state index contributed by atoms with van der Waals surface area (Å²) in [5, 5.41) is 8.77. The molecule has 1 aromatic heterocycles. The molecule has 3 rings (SSSR count). The lowest BCUT2D eigenvalue weighted by Crippen LogP contribution is -2.32. The second-order valence-corrected chi connectivity index (χ2v) is 5.19. The third kappa shape index (κ3) is 2.65. The van der Waals surface area contributed by atoms with Gasteiger partial charge in [0.25, 0.3) is 0 Å². The number of pyridine rings is 1. The van der Waals surface area contributed by atoms with Crippen LogP contribution in [0.25, 0.3) is 0 Å². The van der Waals surface area contributed by atoms with Gasteiger partial charge in [-0.3, -0.25) is 0 Å². The Hall–Kier alpha value is -2.34. The number of nitrogens with zero attached hydrogens (tertiary/aromatic N) is 3. The average Bonchev–Trinajstić information content (AvgIpc) is 2.56. The summed E-state index contributed by atoms with van der Waals surface area (Å²) in [6.07, 6.45) is 4.15. The molecule has 1 aliphatic heterocycles. The van der Waals surface area contributed by atoms with Gasteiger partial charge in [-0.25, -0.2) is 4.98 Å². The van der Waals surface area contributed by atoms with Gasteiger partial charge in [0.05, 0.1) is 11.9 Å². The van der Waals surface area contributed by atoms with E-state index in [2.05, 4.69) is 46.3 Å². The molecule has 0 bridgehead atoms. The molecule has 20 heavy (non-hydrogen) atoms. The van der Waals surface area contributed by atoms with Crippen molar-refractivity contribution >= 4 is 5.69 Å². The van der Waals surface area contributed by atoms with Gasteiger partial charge in [-0.1, -0.05) is 30.3 Å². The van der Waals surface area contributed by atoms with Gasteiger partial charge in [0, 0.05) is 13.1 Å². The van der Waals surface area contributed by atoms with E-state index in [1.165, 1.54) is 18.4 Å². The highest BCUT2D eigenvalue weighted by Crippen LogP contribution is 2.29. The summed E-state index contributed by atoms with van der Waals surface area (Å²) < 4.78 is 0. The smallest absolute Gasteiger partial charge is 0.140 e. The highest BCUT2D eigenvalue weighted by molar-refractivity contribution is 5.46. The molecule has 0 unspecified atom stereocenters. The van der Waals surface area contributed by atoms with Crippen molar-refractivity contribution in [1.82, 2.24) is 4.98 Å². The van der Waals surface area contributed by atoms with Crippen LogP contribution in [0, 0.1) is 11.3 Å². The van der Waals surface area contributed by atoms with Gasteiger partial charge in [-0.05, 0) is 36.5 Å². The van der Waals surface area contributed by atoms with Gasteiger partial charge in [0.15, 0.2) is 0 Å². The molecule has 1 fully saturated rings. The zero-order chi connectivity index (χ0) is 13.8. The van der Waals surface area contributed by atoms with Crippen molar-refractivity contribution < 1.29 is 0 Å². The number of piperidine rings is 1. The maximum Gasteiger partial charge on any atom is 0.140 e. The van der Waals surface area contributed by atoms with E-state index >= 15 is 0 Å². The molecule has 1 aromatic carbocycles. The predicted molar refractivity (Wildman–Crippen MR) is 79.6 cm³/mol. The maximum atomic E-state index is 8.77. The van der Waals surface area contributed by atoms with Gasteiger partial charge in [0.1, 0.15) is 11.8 Å². The molecule has 100 valence electrons. The lowest BCUT2D eigenvalue weighted by molar-refractivity contribution is 0.505. The van der Waals surface area contributed by atoms with Crippen LogP contribution in [0.2, 0.25) is 0 Å². The third-order valence-corrected chi connectivity index (χ3v) is 3.99. The SMILES string of the molecule is N#Cc1ccc(N2CCC(c3ccccc3)CC2)cn1. The van der Waals surface area contributed by atoms with Crippen molar-refractivity contribution in [3.05, 3.63) is 59.9 Å². The maximum absolute atomic E-state index is 8.77. The van der Waals surface area contributed by atoms with Crippen molar-refractivity contribution in [2.45, 2.75) is 18.8 Å². The molecule has 3 heteroatoms. The normalized spacial score (nSPS) is 15.8. The van der Waals surface area contributed by atoms with Gasteiger partial charge >= 0.3 is 0 Å². The highest BCUT2D eigenvalue weighted by atomic mass is 15.1. The number of anilines is 1. The van der Waals surface area contributed by atoms with E-state index in [9.17, 15) is 0 Å². The standard InChI is InChI=1S/C17H17N3/c18-12-16-6-7-17(13-19-16)20-10-8-15(9-11-20)14-4-2-1-3-5-14/h1-7,13,15H,8-11H2. The van der Waals surface area contributed by atoms with Gasteiger partial charge in [-0.2, -0.15) is 5.26 Å². The minimum absolute atomic E-state index is 0.480. The van der Waals surface area contributed by atoms with Crippen LogP contribution in [0.15, 0.2) is 48.7 Å². The summed E-state index contributed by atoms with van der Waals surface area (Å²) in [6, 6.07) is 16.6. The quantitative estimate of drug-likeness (QED) is 0.834. The third-order valence-electron chi connectivity index (χ3n) is 3.99. The fourth-order valence-electron chi connectivity index (χ4n) is 2.84. The largest absolute Gasteiger partial charge is 0.370 e. The van der Waals surface area contributed by atoms with Crippen molar-refractivity contribution in [2.75, 3.05) is 18.0 Å². The Morgan fingerprint density at radius 2 is 1.80 bits per heavy atom. The van der Waals surface area contributed by atoms with Crippen LogP contribution in [0.4, 0.5) is 5.69 Å². The lowest BCUT2D eigenvalue weighted by Gasteiger charge is -2.33. The molecule has 0 spiro atoms. The minimum atomic E-state index is 0.480. The van der Waals surface area contributed by atoms with E-state index in [4.69, 9.17) is 5.26 Å². The molecule has 0 N–H and O–H groups in total. The molecule has 1 saturated heterocycles. The van der Waals surface area contributed by atoms with E-state index in [0.717, 1.165) is 18.8 Å². The summed E-state index contributed by atoms with van der Waals surface area (Å²) in [6.45, 7) is 2.10. The molecule has 0 radical (unpaired) electrons. The second-order valence-electron chi connectivity index (χ2n) is 5.19. The number of nitriles is 1. The molecule has 3 nitrogen and oxygen atoms in total. The van der Waals surface area contributed by atoms with Crippen molar-refractivity contribution in [1.29, 1.82) is 5.26 Å². The molecular weight excluding hydrogens is 246 g/mol. The first kappa shape index (κ1) is 12.7. The van der Waals surface area contributed by atoms with E-state index in [1.54, 1.807) is 12.3 Å². The number of hydrogen-bond donors (Lipinski definition) is 0. The molecular formula is C17H17N3. The summed E-state index contributed by atoms with van der Waals surface area (Å²) in [5.74, 6) is 0.666. The first-order valence-corrected chi connectivity index (χ1v) is 7.03. The molecule has 2 aromatic rings. The fourth-order valence-corrected chi connectivity index (χ4v) is 2.84. The Morgan fingerprint density at radius 1 is 1.05 bits per heavy atom. The molecule has 0 aliphatic carbocycles. The van der Waals surface area contributed by atoms with E-state index < -0.39 is 0 Å². The monoisotopic (exact) mass is 263 g/mol. The average molecular weight is 263 g/mol. The topological polar surface area (TPSA) is 39.9 Å². The summed E-state index contributed by atoms with van der Waals surface area (Å²) >= 11 is 0. The zero-order valence-corrected chi connectivity index (χ0v) is 11.4. The first-order valence-electron chi connectivity index (χ1n) is 7.03.